The minimum Gasteiger partial charge on any atom is -0.480 e. The Morgan fingerprint density at radius 1 is 1.65 bits per heavy atom. The van der Waals surface area contributed by atoms with E-state index in [0.29, 0.717) is 23.2 Å². The Balaban J connectivity index is 1.97. The van der Waals surface area contributed by atoms with E-state index in [-0.39, 0.29) is 0 Å². The van der Waals surface area contributed by atoms with Crippen molar-refractivity contribution in [3.8, 4) is 11.7 Å². The highest BCUT2D eigenvalue weighted by Crippen LogP contribution is 2.20. The van der Waals surface area contributed by atoms with Crippen LogP contribution < -0.4 is 0 Å². The second-order valence-corrected chi connectivity index (χ2v) is 4.61. The first-order chi connectivity index (χ1) is 8.16. The average Bonchev–Trinajstić information content (AvgIpc) is 2.95. The molecule has 1 atom stereocenters. The third-order valence-electron chi connectivity index (χ3n) is 2.01. The van der Waals surface area contributed by atoms with Gasteiger partial charge in [-0.2, -0.15) is 4.98 Å². The van der Waals surface area contributed by atoms with E-state index in [1.165, 1.54) is 18.0 Å². The summed E-state index contributed by atoms with van der Waals surface area (Å²) in [4.78, 5) is 14.7. The first-order valence-electron chi connectivity index (χ1n) is 4.87. The lowest BCUT2D eigenvalue weighted by atomic mass is 10.4. The summed E-state index contributed by atoms with van der Waals surface area (Å²) in [5.41, 5.74) is 0. The number of carboxylic acid groups (broad SMARTS) is 1. The Bertz CT molecular complexity index is 494. The third kappa shape index (κ3) is 2.88. The van der Waals surface area contributed by atoms with Gasteiger partial charge in [0.25, 0.3) is 5.89 Å². The zero-order valence-electron chi connectivity index (χ0n) is 8.99. The Hall–Kier alpha value is -1.76. The summed E-state index contributed by atoms with van der Waals surface area (Å²) in [5.74, 6) is 0.783. The number of aromatic nitrogens is 2. The van der Waals surface area contributed by atoms with Crippen LogP contribution >= 0.6 is 11.8 Å². The molecular weight excluding hydrogens is 244 g/mol. The molecule has 2 aromatic heterocycles. The number of nitrogens with zero attached hydrogens (tertiary/aromatic N) is 2. The van der Waals surface area contributed by atoms with Crippen LogP contribution in [0.3, 0.4) is 0 Å². The van der Waals surface area contributed by atoms with Crippen molar-refractivity contribution in [3.05, 3.63) is 24.2 Å². The van der Waals surface area contributed by atoms with Gasteiger partial charge in [0, 0.05) is 0 Å². The lowest BCUT2D eigenvalue weighted by molar-refractivity contribution is -0.136. The maximum absolute atomic E-state index is 10.6. The Morgan fingerprint density at radius 2 is 2.47 bits per heavy atom. The number of aliphatic carboxylic acids is 1. The maximum Gasteiger partial charge on any atom is 0.316 e. The van der Waals surface area contributed by atoms with E-state index in [2.05, 4.69) is 10.1 Å². The lowest BCUT2D eigenvalue weighted by Gasteiger charge is -2.01. The fraction of sp³-hybridized carbons (Fsp3) is 0.300. The number of carbonyl (C=O) groups is 1. The molecule has 0 fully saturated rings. The van der Waals surface area contributed by atoms with Crippen molar-refractivity contribution in [2.24, 2.45) is 0 Å². The van der Waals surface area contributed by atoms with Crippen LogP contribution in [0.1, 0.15) is 12.7 Å². The molecule has 0 radical (unpaired) electrons. The summed E-state index contributed by atoms with van der Waals surface area (Å²) in [6, 6.07) is 3.44. The van der Waals surface area contributed by atoms with Gasteiger partial charge in [-0.15, -0.1) is 11.8 Å². The standard InChI is InChI=1S/C10H10N2O4S/c1-6(10(13)14)17-5-8-11-9(16-12-8)7-3-2-4-15-7/h2-4,6H,5H2,1H3,(H,13,14). The summed E-state index contributed by atoms with van der Waals surface area (Å²) >= 11 is 1.23. The molecule has 1 unspecified atom stereocenters. The van der Waals surface area contributed by atoms with Crippen molar-refractivity contribution < 1.29 is 18.8 Å². The number of hydrogen-bond acceptors (Lipinski definition) is 6. The van der Waals surface area contributed by atoms with Crippen LogP contribution in [0.25, 0.3) is 11.7 Å². The van der Waals surface area contributed by atoms with Crippen LogP contribution in [0.15, 0.2) is 27.3 Å². The van der Waals surface area contributed by atoms with Gasteiger partial charge in [-0.1, -0.05) is 5.16 Å². The second kappa shape index (κ2) is 5.05. The number of hydrogen-bond donors (Lipinski definition) is 1. The van der Waals surface area contributed by atoms with E-state index in [1.807, 2.05) is 0 Å². The molecule has 2 heterocycles. The molecule has 0 saturated heterocycles. The smallest absolute Gasteiger partial charge is 0.316 e. The van der Waals surface area contributed by atoms with Gasteiger partial charge in [-0.25, -0.2) is 0 Å². The quantitative estimate of drug-likeness (QED) is 0.873. The molecule has 7 heteroatoms. The van der Waals surface area contributed by atoms with Gasteiger partial charge in [-0.3, -0.25) is 4.79 Å². The van der Waals surface area contributed by atoms with Crippen molar-refractivity contribution in [3.63, 3.8) is 0 Å². The van der Waals surface area contributed by atoms with E-state index in [4.69, 9.17) is 14.0 Å². The highest BCUT2D eigenvalue weighted by molar-refractivity contribution is 7.99. The van der Waals surface area contributed by atoms with Crippen molar-refractivity contribution in [2.45, 2.75) is 17.9 Å². The first-order valence-corrected chi connectivity index (χ1v) is 5.92. The normalized spacial score (nSPS) is 12.5. The van der Waals surface area contributed by atoms with Gasteiger partial charge < -0.3 is 14.0 Å². The van der Waals surface area contributed by atoms with Gasteiger partial charge in [0.2, 0.25) is 0 Å². The summed E-state index contributed by atoms with van der Waals surface area (Å²) in [6.45, 7) is 1.61. The Kier molecular flexibility index (Phi) is 3.48. The highest BCUT2D eigenvalue weighted by Gasteiger charge is 2.15. The van der Waals surface area contributed by atoms with Gasteiger partial charge in [0.15, 0.2) is 11.6 Å². The average molecular weight is 254 g/mol. The largest absolute Gasteiger partial charge is 0.480 e. The number of rotatable bonds is 5. The van der Waals surface area contributed by atoms with E-state index in [0.717, 1.165) is 0 Å². The molecular formula is C10H10N2O4S. The number of furan rings is 1. The van der Waals surface area contributed by atoms with Gasteiger partial charge in [0.1, 0.15) is 0 Å². The molecule has 17 heavy (non-hydrogen) atoms. The van der Waals surface area contributed by atoms with E-state index < -0.39 is 11.2 Å². The van der Waals surface area contributed by atoms with Crippen LogP contribution in [-0.2, 0) is 10.5 Å². The molecule has 0 aromatic carbocycles. The zero-order chi connectivity index (χ0) is 12.3. The zero-order valence-corrected chi connectivity index (χ0v) is 9.81. The van der Waals surface area contributed by atoms with Gasteiger partial charge >= 0.3 is 5.97 Å². The number of thioether (sulfide) groups is 1. The molecule has 1 N–H and O–H groups in total. The minimum atomic E-state index is -0.857. The SMILES string of the molecule is CC(SCc1noc(-c2ccco2)n1)C(=O)O. The monoisotopic (exact) mass is 254 g/mol. The van der Waals surface area contributed by atoms with Crippen LogP contribution in [0.2, 0.25) is 0 Å². The fourth-order valence-electron chi connectivity index (χ4n) is 1.08. The molecule has 0 bridgehead atoms. The lowest BCUT2D eigenvalue weighted by Crippen LogP contribution is -2.11. The molecule has 0 saturated carbocycles. The molecule has 0 aliphatic carbocycles. The van der Waals surface area contributed by atoms with Gasteiger partial charge in [-0.05, 0) is 19.1 Å². The summed E-state index contributed by atoms with van der Waals surface area (Å²) in [6.07, 6.45) is 1.51. The fourth-order valence-corrected chi connectivity index (χ4v) is 1.74. The number of carboxylic acids is 1. The molecule has 0 amide bonds. The van der Waals surface area contributed by atoms with Gasteiger partial charge in [0.05, 0.1) is 17.3 Å². The van der Waals surface area contributed by atoms with E-state index in [9.17, 15) is 4.79 Å². The molecule has 6 nitrogen and oxygen atoms in total. The van der Waals surface area contributed by atoms with E-state index in [1.54, 1.807) is 19.1 Å². The predicted molar refractivity (Wildman–Crippen MR) is 60.4 cm³/mol. The van der Waals surface area contributed by atoms with Crippen molar-refractivity contribution in [2.75, 3.05) is 0 Å². The first kappa shape index (κ1) is 11.7. The predicted octanol–water partition coefficient (Wildman–Crippen LogP) is 2.04. The van der Waals surface area contributed by atoms with Crippen molar-refractivity contribution in [1.29, 1.82) is 0 Å². The minimum absolute atomic E-state index is 0.300. The topological polar surface area (TPSA) is 89.4 Å². The summed E-state index contributed by atoms with van der Waals surface area (Å²) in [5, 5.41) is 12.0. The molecule has 2 rings (SSSR count). The molecule has 90 valence electrons. The molecule has 0 spiro atoms. The summed E-state index contributed by atoms with van der Waals surface area (Å²) < 4.78 is 10.1. The molecule has 0 aliphatic heterocycles. The van der Waals surface area contributed by atoms with Crippen LogP contribution in [-0.4, -0.2) is 26.5 Å². The molecule has 2 aromatic rings. The summed E-state index contributed by atoms with van der Waals surface area (Å²) in [7, 11) is 0. The third-order valence-corrected chi connectivity index (χ3v) is 3.14. The Labute approximate surface area is 101 Å². The molecule has 0 aliphatic rings. The Morgan fingerprint density at radius 3 is 3.12 bits per heavy atom. The van der Waals surface area contributed by atoms with Crippen LogP contribution in [0, 0.1) is 0 Å². The van der Waals surface area contributed by atoms with Crippen molar-refractivity contribution >= 4 is 17.7 Å². The second-order valence-electron chi connectivity index (χ2n) is 3.28. The van der Waals surface area contributed by atoms with E-state index >= 15 is 0 Å². The van der Waals surface area contributed by atoms with Crippen LogP contribution in [0.4, 0.5) is 0 Å². The maximum atomic E-state index is 10.6. The highest BCUT2D eigenvalue weighted by atomic mass is 32.2. The van der Waals surface area contributed by atoms with Crippen molar-refractivity contribution in [1.82, 2.24) is 10.1 Å². The van der Waals surface area contributed by atoms with Crippen LogP contribution in [0.5, 0.6) is 0 Å².